The van der Waals surface area contributed by atoms with Crippen LogP contribution in [0.4, 0.5) is 5.69 Å². The number of benzene rings is 1. The summed E-state index contributed by atoms with van der Waals surface area (Å²) in [5.41, 5.74) is 1.56. The number of carbonyl (C=O) groups excluding carboxylic acids is 1. The van der Waals surface area contributed by atoms with Crippen LogP contribution in [-0.4, -0.2) is 22.4 Å². The van der Waals surface area contributed by atoms with Crippen molar-refractivity contribution in [1.82, 2.24) is 10.3 Å². The van der Waals surface area contributed by atoms with Crippen LogP contribution in [0.2, 0.25) is 0 Å². The Labute approximate surface area is 115 Å². The lowest BCUT2D eigenvalue weighted by atomic mass is 10.1. The summed E-state index contributed by atoms with van der Waals surface area (Å²) in [6, 6.07) is 9.58. The molecule has 0 radical (unpaired) electrons. The number of aromatic nitrogens is 1. The number of hydrogen-bond acceptors (Lipinski definition) is 4. The highest BCUT2D eigenvalue weighted by molar-refractivity contribution is 5.93. The zero-order valence-electron chi connectivity index (χ0n) is 10.7. The van der Waals surface area contributed by atoms with E-state index in [0.717, 1.165) is 5.56 Å². The highest BCUT2D eigenvalue weighted by Gasteiger charge is 2.05. The van der Waals surface area contributed by atoms with Gasteiger partial charge in [0.25, 0.3) is 11.6 Å². The van der Waals surface area contributed by atoms with Gasteiger partial charge in [-0.2, -0.15) is 0 Å². The van der Waals surface area contributed by atoms with Crippen LogP contribution in [-0.2, 0) is 6.42 Å². The lowest BCUT2D eigenvalue weighted by Gasteiger charge is -2.05. The molecular formula is C14H13N3O3. The van der Waals surface area contributed by atoms with E-state index in [1.54, 1.807) is 36.7 Å². The topological polar surface area (TPSA) is 85.1 Å². The molecule has 6 nitrogen and oxygen atoms in total. The average Bonchev–Trinajstić information content (AvgIpc) is 2.48. The second kappa shape index (κ2) is 6.42. The standard InChI is InChI=1S/C14H13N3O3/c18-14(12-6-8-15-9-7-12)16-10-5-11-1-3-13(4-2-11)17(19)20/h1-4,6-9H,5,10H2,(H,16,18). The molecule has 6 heteroatoms. The third-order valence-electron chi connectivity index (χ3n) is 2.79. The summed E-state index contributed by atoms with van der Waals surface area (Å²) in [6.45, 7) is 0.471. The first-order chi connectivity index (χ1) is 9.66. The molecule has 102 valence electrons. The molecule has 2 aromatic rings. The Morgan fingerprint density at radius 2 is 1.80 bits per heavy atom. The van der Waals surface area contributed by atoms with Crippen LogP contribution in [0.25, 0.3) is 0 Å². The minimum atomic E-state index is -0.436. The molecule has 0 aliphatic carbocycles. The molecule has 1 aromatic heterocycles. The summed E-state index contributed by atoms with van der Waals surface area (Å²) < 4.78 is 0. The SMILES string of the molecule is O=C(NCCc1ccc([N+](=O)[O-])cc1)c1ccncc1. The van der Waals surface area contributed by atoms with E-state index in [-0.39, 0.29) is 11.6 Å². The Balaban J connectivity index is 1.84. The molecule has 0 aliphatic rings. The van der Waals surface area contributed by atoms with Gasteiger partial charge in [0, 0.05) is 36.6 Å². The van der Waals surface area contributed by atoms with Gasteiger partial charge in [0.1, 0.15) is 0 Å². The summed E-state index contributed by atoms with van der Waals surface area (Å²) in [5, 5.41) is 13.3. The molecule has 1 amide bonds. The van der Waals surface area contributed by atoms with Crippen molar-refractivity contribution in [3.05, 3.63) is 70.0 Å². The molecule has 0 saturated carbocycles. The van der Waals surface area contributed by atoms with Crippen molar-refractivity contribution in [2.75, 3.05) is 6.54 Å². The second-order valence-electron chi connectivity index (χ2n) is 4.17. The molecule has 20 heavy (non-hydrogen) atoms. The van der Waals surface area contributed by atoms with Gasteiger partial charge in [0.2, 0.25) is 0 Å². The van der Waals surface area contributed by atoms with Crippen LogP contribution >= 0.6 is 0 Å². The molecule has 0 saturated heterocycles. The Kier molecular flexibility index (Phi) is 4.39. The number of carbonyl (C=O) groups is 1. The molecule has 0 unspecified atom stereocenters. The number of nitro groups is 1. The summed E-state index contributed by atoms with van der Waals surface area (Å²) in [5.74, 6) is -0.158. The zero-order valence-corrected chi connectivity index (χ0v) is 10.7. The monoisotopic (exact) mass is 271 g/mol. The van der Waals surface area contributed by atoms with Crippen LogP contribution in [0.5, 0.6) is 0 Å². The largest absolute Gasteiger partial charge is 0.352 e. The van der Waals surface area contributed by atoms with Crippen molar-refractivity contribution in [1.29, 1.82) is 0 Å². The molecule has 1 N–H and O–H groups in total. The first-order valence-electron chi connectivity index (χ1n) is 6.08. The molecule has 2 rings (SSSR count). The van der Waals surface area contributed by atoms with Gasteiger partial charge in [-0.05, 0) is 24.1 Å². The van der Waals surface area contributed by atoms with Crippen LogP contribution in [0.15, 0.2) is 48.8 Å². The molecule has 0 bridgehead atoms. The second-order valence-corrected chi connectivity index (χ2v) is 4.17. The molecule has 0 spiro atoms. The highest BCUT2D eigenvalue weighted by Crippen LogP contribution is 2.11. The van der Waals surface area contributed by atoms with Gasteiger partial charge in [0.05, 0.1) is 4.92 Å². The van der Waals surface area contributed by atoms with Gasteiger partial charge in [-0.25, -0.2) is 0 Å². The van der Waals surface area contributed by atoms with Crippen molar-refractivity contribution in [3.8, 4) is 0 Å². The number of nitrogens with one attached hydrogen (secondary N) is 1. The van der Waals surface area contributed by atoms with Gasteiger partial charge in [-0.15, -0.1) is 0 Å². The van der Waals surface area contributed by atoms with Gasteiger partial charge < -0.3 is 5.32 Å². The van der Waals surface area contributed by atoms with Crippen LogP contribution in [0, 0.1) is 10.1 Å². The molecule has 1 heterocycles. The maximum Gasteiger partial charge on any atom is 0.269 e. The molecule has 1 aromatic carbocycles. The van der Waals surface area contributed by atoms with Crippen LogP contribution in [0.1, 0.15) is 15.9 Å². The first kappa shape index (κ1) is 13.7. The zero-order chi connectivity index (χ0) is 14.4. The minimum absolute atomic E-state index is 0.0644. The predicted molar refractivity (Wildman–Crippen MR) is 73.4 cm³/mol. The maximum absolute atomic E-state index is 11.8. The number of amides is 1. The normalized spacial score (nSPS) is 10.0. The Morgan fingerprint density at radius 3 is 2.40 bits per heavy atom. The molecule has 0 atom stereocenters. The van der Waals surface area contributed by atoms with E-state index in [9.17, 15) is 14.9 Å². The van der Waals surface area contributed by atoms with Crippen molar-refractivity contribution in [2.24, 2.45) is 0 Å². The Bertz CT molecular complexity index is 597. The third-order valence-corrected chi connectivity index (χ3v) is 2.79. The van der Waals surface area contributed by atoms with E-state index in [2.05, 4.69) is 10.3 Å². The summed E-state index contributed by atoms with van der Waals surface area (Å²) in [4.78, 5) is 25.7. The van der Waals surface area contributed by atoms with E-state index in [1.165, 1.54) is 12.1 Å². The molecular weight excluding hydrogens is 258 g/mol. The summed E-state index contributed by atoms with van der Waals surface area (Å²) >= 11 is 0. The van der Waals surface area contributed by atoms with E-state index in [1.807, 2.05) is 0 Å². The fourth-order valence-electron chi connectivity index (χ4n) is 1.71. The number of pyridine rings is 1. The quantitative estimate of drug-likeness (QED) is 0.665. The van der Waals surface area contributed by atoms with E-state index in [0.29, 0.717) is 18.5 Å². The molecule has 0 aliphatic heterocycles. The van der Waals surface area contributed by atoms with Crippen molar-refractivity contribution < 1.29 is 9.72 Å². The van der Waals surface area contributed by atoms with Gasteiger partial charge >= 0.3 is 0 Å². The third kappa shape index (κ3) is 3.61. The summed E-state index contributed by atoms with van der Waals surface area (Å²) in [7, 11) is 0. The van der Waals surface area contributed by atoms with E-state index >= 15 is 0 Å². The lowest BCUT2D eigenvalue weighted by molar-refractivity contribution is -0.384. The van der Waals surface area contributed by atoms with Crippen LogP contribution < -0.4 is 5.32 Å². The number of hydrogen-bond donors (Lipinski definition) is 1. The highest BCUT2D eigenvalue weighted by atomic mass is 16.6. The number of rotatable bonds is 5. The van der Waals surface area contributed by atoms with Gasteiger partial charge in [-0.1, -0.05) is 12.1 Å². The van der Waals surface area contributed by atoms with Crippen molar-refractivity contribution >= 4 is 11.6 Å². The maximum atomic E-state index is 11.8. The first-order valence-corrected chi connectivity index (χ1v) is 6.08. The predicted octanol–water partition coefficient (Wildman–Crippen LogP) is 1.96. The van der Waals surface area contributed by atoms with Gasteiger partial charge in [-0.3, -0.25) is 19.9 Å². The number of non-ortho nitro benzene ring substituents is 1. The number of nitro benzene ring substituents is 1. The minimum Gasteiger partial charge on any atom is -0.352 e. The van der Waals surface area contributed by atoms with Crippen molar-refractivity contribution in [3.63, 3.8) is 0 Å². The van der Waals surface area contributed by atoms with Crippen molar-refractivity contribution in [2.45, 2.75) is 6.42 Å². The fraction of sp³-hybridized carbons (Fsp3) is 0.143. The smallest absolute Gasteiger partial charge is 0.269 e. The fourth-order valence-corrected chi connectivity index (χ4v) is 1.71. The van der Waals surface area contributed by atoms with E-state index in [4.69, 9.17) is 0 Å². The summed E-state index contributed by atoms with van der Waals surface area (Å²) in [6.07, 6.45) is 3.74. The Morgan fingerprint density at radius 1 is 1.15 bits per heavy atom. The molecule has 0 fully saturated rings. The van der Waals surface area contributed by atoms with Gasteiger partial charge in [0.15, 0.2) is 0 Å². The average molecular weight is 271 g/mol. The van der Waals surface area contributed by atoms with Crippen LogP contribution in [0.3, 0.4) is 0 Å². The Hall–Kier alpha value is -2.76. The number of nitrogens with zero attached hydrogens (tertiary/aromatic N) is 2. The lowest BCUT2D eigenvalue weighted by Crippen LogP contribution is -2.25. The van der Waals surface area contributed by atoms with E-state index < -0.39 is 4.92 Å².